The maximum absolute atomic E-state index is 11.1. The number of carboxylic acids is 1. The zero-order valence-corrected chi connectivity index (χ0v) is 15.8. The molecule has 0 aromatic heterocycles. The maximum atomic E-state index is 11.1. The van der Waals surface area contributed by atoms with Crippen molar-refractivity contribution in [3.05, 3.63) is 0 Å². The molecule has 118 valence electrons. The third-order valence-corrected chi connectivity index (χ3v) is 3.29. The van der Waals surface area contributed by atoms with Gasteiger partial charge in [0.15, 0.2) is 0 Å². The third kappa shape index (κ3) is 19.9. The van der Waals surface area contributed by atoms with Crippen LogP contribution in [0.3, 0.4) is 0 Å². The molecule has 0 saturated heterocycles. The average Bonchev–Trinajstić information content (AvgIpc) is 2.42. The van der Waals surface area contributed by atoms with Crippen molar-refractivity contribution in [2.75, 3.05) is 6.61 Å². The van der Waals surface area contributed by atoms with E-state index in [0.717, 1.165) is 12.8 Å². The van der Waals surface area contributed by atoms with Crippen molar-refractivity contribution in [2.24, 2.45) is 0 Å². The van der Waals surface area contributed by atoms with Crippen LogP contribution in [0.1, 0.15) is 84.0 Å². The quantitative estimate of drug-likeness (QED) is 0.257. The van der Waals surface area contributed by atoms with E-state index in [9.17, 15) is 14.7 Å². The van der Waals surface area contributed by atoms with Gasteiger partial charge in [-0.1, -0.05) is 64.7 Å². The minimum atomic E-state index is -1.21. The Morgan fingerprint density at radius 2 is 1.29 bits per heavy atom. The summed E-state index contributed by atoms with van der Waals surface area (Å²) in [5.41, 5.74) is 0. The van der Waals surface area contributed by atoms with Gasteiger partial charge in [0.25, 0.3) is 0 Å². The van der Waals surface area contributed by atoms with Gasteiger partial charge in [-0.3, -0.25) is 4.79 Å². The van der Waals surface area contributed by atoms with Crippen LogP contribution in [0.5, 0.6) is 0 Å². The van der Waals surface area contributed by atoms with Gasteiger partial charge >= 0.3 is 35.5 Å². The molecule has 0 radical (unpaired) electrons. The van der Waals surface area contributed by atoms with E-state index < -0.39 is 11.9 Å². The summed E-state index contributed by atoms with van der Waals surface area (Å²) in [5.74, 6) is -1.65. The molecule has 0 aliphatic rings. The summed E-state index contributed by atoms with van der Waals surface area (Å²) in [6.07, 6.45) is 12.0. The molecule has 0 saturated carbocycles. The second kappa shape index (κ2) is 18.0. The summed E-state index contributed by atoms with van der Waals surface area (Å²) < 4.78 is 4.93. The number of carbonyl (C=O) groups is 2. The van der Waals surface area contributed by atoms with Crippen LogP contribution in [0.4, 0.5) is 0 Å². The SMILES string of the molecule is CCCCCCCCCCCCOC(=O)CCC(=O)[O-].[Na+]. The fourth-order valence-corrected chi connectivity index (χ4v) is 2.05. The van der Waals surface area contributed by atoms with Crippen LogP contribution in [-0.4, -0.2) is 18.5 Å². The number of ether oxygens (including phenoxy) is 1. The number of carbonyl (C=O) groups excluding carboxylic acids is 2. The molecule has 0 amide bonds. The Kier molecular flexibility index (Phi) is 19.9. The number of hydrogen-bond acceptors (Lipinski definition) is 4. The number of unbranched alkanes of at least 4 members (excludes halogenated alkanes) is 9. The predicted molar refractivity (Wildman–Crippen MR) is 77.0 cm³/mol. The van der Waals surface area contributed by atoms with E-state index in [1.54, 1.807) is 0 Å². The van der Waals surface area contributed by atoms with Gasteiger partial charge in [-0.05, 0) is 12.8 Å². The van der Waals surface area contributed by atoms with Gasteiger partial charge < -0.3 is 14.6 Å². The molecule has 0 rings (SSSR count). The molecule has 5 heteroatoms. The first-order chi connectivity index (χ1) is 9.66. The molecule has 0 fully saturated rings. The molecule has 0 N–H and O–H groups in total. The summed E-state index contributed by atoms with van der Waals surface area (Å²) in [6.45, 7) is 2.63. The second-order valence-corrected chi connectivity index (χ2v) is 5.27. The molecular weight excluding hydrogens is 279 g/mol. The Bertz CT molecular complexity index is 257. The van der Waals surface area contributed by atoms with Crippen LogP contribution in [0.15, 0.2) is 0 Å². The molecule has 0 aliphatic heterocycles. The van der Waals surface area contributed by atoms with Crippen LogP contribution < -0.4 is 34.7 Å². The van der Waals surface area contributed by atoms with Gasteiger partial charge in [0.1, 0.15) is 0 Å². The Hall–Kier alpha value is -0.0600. The summed E-state index contributed by atoms with van der Waals surface area (Å²) >= 11 is 0. The summed E-state index contributed by atoms with van der Waals surface area (Å²) in [4.78, 5) is 21.2. The average molecular weight is 308 g/mol. The summed E-state index contributed by atoms with van der Waals surface area (Å²) in [6, 6.07) is 0. The number of carboxylic acid groups (broad SMARTS) is 1. The first-order valence-electron chi connectivity index (χ1n) is 8.02. The first kappa shape index (κ1) is 23.2. The second-order valence-electron chi connectivity index (χ2n) is 5.27. The number of rotatable bonds is 14. The normalized spacial score (nSPS) is 9.95. The smallest absolute Gasteiger partial charge is 0.550 e. The molecule has 21 heavy (non-hydrogen) atoms. The van der Waals surface area contributed by atoms with E-state index in [0.29, 0.717) is 6.61 Å². The summed E-state index contributed by atoms with van der Waals surface area (Å²) in [5, 5.41) is 10.1. The van der Waals surface area contributed by atoms with E-state index in [1.165, 1.54) is 51.4 Å². The van der Waals surface area contributed by atoms with Crippen molar-refractivity contribution in [1.29, 1.82) is 0 Å². The molecule has 0 bridgehead atoms. The van der Waals surface area contributed by atoms with Crippen molar-refractivity contribution in [2.45, 2.75) is 84.0 Å². The van der Waals surface area contributed by atoms with Gasteiger partial charge in [0, 0.05) is 5.97 Å². The predicted octanol–water partition coefficient (Wildman–Crippen LogP) is -0.0154. The maximum Gasteiger partial charge on any atom is 1.00 e. The first-order valence-corrected chi connectivity index (χ1v) is 8.02. The number of hydrogen-bond donors (Lipinski definition) is 0. The molecule has 0 aromatic carbocycles. The van der Waals surface area contributed by atoms with E-state index in [2.05, 4.69) is 6.92 Å². The van der Waals surface area contributed by atoms with Crippen molar-refractivity contribution < 1.29 is 49.0 Å². The molecule has 0 heterocycles. The van der Waals surface area contributed by atoms with Crippen LogP contribution in [0, 0.1) is 0 Å². The zero-order chi connectivity index (χ0) is 15.1. The molecular formula is C16H29NaO4. The summed E-state index contributed by atoms with van der Waals surface area (Å²) in [7, 11) is 0. The Morgan fingerprint density at radius 1 is 0.810 bits per heavy atom. The fraction of sp³-hybridized carbons (Fsp3) is 0.875. The topological polar surface area (TPSA) is 66.4 Å². The van der Waals surface area contributed by atoms with Crippen molar-refractivity contribution >= 4 is 11.9 Å². The molecule has 4 nitrogen and oxygen atoms in total. The molecule has 0 spiro atoms. The standard InChI is InChI=1S/C16H30O4.Na/c1-2-3-4-5-6-7-8-9-10-11-14-20-16(19)13-12-15(17)18;/h2-14H2,1H3,(H,17,18);/q;+1/p-1. The fourth-order valence-electron chi connectivity index (χ4n) is 2.05. The van der Waals surface area contributed by atoms with Gasteiger partial charge in [-0.25, -0.2) is 0 Å². The van der Waals surface area contributed by atoms with Crippen LogP contribution in [-0.2, 0) is 14.3 Å². The van der Waals surface area contributed by atoms with E-state index >= 15 is 0 Å². The van der Waals surface area contributed by atoms with E-state index in [4.69, 9.17) is 4.74 Å². The van der Waals surface area contributed by atoms with E-state index in [1.807, 2.05) is 0 Å². The van der Waals surface area contributed by atoms with Gasteiger partial charge in [-0.15, -0.1) is 0 Å². The van der Waals surface area contributed by atoms with Crippen molar-refractivity contribution in [3.63, 3.8) is 0 Å². The zero-order valence-electron chi connectivity index (χ0n) is 13.8. The van der Waals surface area contributed by atoms with Gasteiger partial charge in [-0.2, -0.15) is 0 Å². The Morgan fingerprint density at radius 3 is 1.76 bits per heavy atom. The van der Waals surface area contributed by atoms with Crippen LogP contribution >= 0.6 is 0 Å². The number of aliphatic carboxylic acids is 1. The Labute approximate surface area is 151 Å². The van der Waals surface area contributed by atoms with E-state index in [-0.39, 0.29) is 42.4 Å². The monoisotopic (exact) mass is 308 g/mol. The largest absolute Gasteiger partial charge is 1.00 e. The van der Waals surface area contributed by atoms with Crippen molar-refractivity contribution in [1.82, 2.24) is 0 Å². The molecule has 0 unspecified atom stereocenters. The third-order valence-electron chi connectivity index (χ3n) is 3.29. The minimum Gasteiger partial charge on any atom is -0.550 e. The molecule has 0 aromatic rings. The Balaban J connectivity index is 0. The van der Waals surface area contributed by atoms with Gasteiger partial charge in [0.05, 0.1) is 13.0 Å². The van der Waals surface area contributed by atoms with Crippen molar-refractivity contribution in [3.8, 4) is 0 Å². The number of esters is 1. The molecule has 0 aliphatic carbocycles. The van der Waals surface area contributed by atoms with Gasteiger partial charge in [0.2, 0.25) is 0 Å². The van der Waals surface area contributed by atoms with Crippen LogP contribution in [0.25, 0.3) is 0 Å². The van der Waals surface area contributed by atoms with Crippen LogP contribution in [0.2, 0.25) is 0 Å². The molecule has 0 atom stereocenters. The minimum absolute atomic E-state index is 0.